The van der Waals surface area contributed by atoms with Crippen molar-refractivity contribution >= 4 is 40.8 Å². The first kappa shape index (κ1) is 16.9. The van der Waals surface area contributed by atoms with Crippen LogP contribution in [0.3, 0.4) is 0 Å². The molecule has 2 aliphatic rings. The van der Waals surface area contributed by atoms with E-state index in [4.69, 9.17) is 0 Å². The summed E-state index contributed by atoms with van der Waals surface area (Å²) in [6.07, 6.45) is 0. The monoisotopic (exact) mass is 387 g/mol. The van der Waals surface area contributed by atoms with Crippen LogP contribution in [0.25, 0.3) is 0 Å². The number of carbonyl (C=O) groups is 2. The van der Waals surface area contributed by atoms with E-state index < -0.39 is 4.99 Å². The number of fused-ring (bicyclic) bond motifs is 1. The Labute approximate surface area is 167 Å². The molecule has 6 heteroatoms. The Hall–Kier alpha value is -3.25. The zero-order chi connectivity index (χ0) is 19.3. The fraction of sp³-hybridized carbons (Fsp3) is 0.0909. The minimum Gasteiger partial charge on any atom is -0.334 e. The molecular weight excluding hydrogens is 370 g/mol. The van der Waals surface area contributed by atoms with E-state index in [0.717, 1.165) is 10.6 Å². The van der Waals surface area contributed by atoms with Gasteiger partial charge in [0.15, 0.2) is 0 Å². The molecule has 1 atom stereocenters. The van der Waals surface area contributed by atoms with Crippen molar-refractivity contribution in [1.82, 2.24) is 0 Å². The van der Waals surface area contributed by atoms with Crippen molar-refractivity contribution in [2.24, 2.45) is 0 Å². The normalized spacial score (nSPS) is 21.0. The van der Waals surface area contributed by atoms with E-state index in [-0.39, 0.29) is 11.9 Å². The Morgan fingerprint density at radius 1 is 0.750 bits per heavy atom. The molecule has 0 bridgehead atoms. The maximum Gasteiger partial charge on any atom is 0.339 e. The number of amides is 3. The van der Waals surface area contributed by atoms with Crippen molar-refractivity contribution in [2.45, 2.75) is 9.89 Å². The lowest BCUT2D eigenvalue weighted by Crippen LogP contribution is -2.57. The molecule has 3 amide bonds. The molecular formula is C22H17N3O2S. The van der Waals surface area contributed by atoms with Gasteiger partial charge < -0.3 is 4.90 Å². The summed E-state index contributed by atoms with van der Waals surface area (Å²) in [5.41, 5.74) is 2.19. The number of benzene rings is 3. The van der Waals surface area contributed by atoms with Crippen LogP contribution in [0, 0.1) is 0 Å². The van der Waals surface area contributed by atoms with Crippen molar-refractivity contribution in [1.29, 1.82) is 0 Å². The number of hydrogen-bond donors (Lipinski definition) is 0. The van der Waals surface area contributed by atoms with Crippen LogP contribution in [0.2, 0.25) is 0 Å². The first-order valence-electron chi connectivity index (χ1n) is 8.95. The highest BCUT2D eigenvalue weighted by atomic mass is 32.2. The third-order valence-corrected chi connectivity index (χ3v) is 6.61. The van der Waals surface area contributed by atoms with Gasteiger partial charge in [0, 0.05) is 17.6 Å². The molecule has 1 fully saturated rings. The highest BCUT2D eigenvalue weighted by Crippen LogP contribution is 2.55. The smallest absolute Gasteiger partial charge is 0.334 e. The fourth-order valence-corrected chi connectivity index (χ4v) is 5.26. The lowest BCUT2D eigenvalue weighted by molar-refractivity contribution is -0.118. The van der Waals surface area contributed by atoms with Gasteiger partial charge in [0.1, 0.15) is 0 Å². The van der Waals surface area contributed by atoms with Crippen LogP contribution in [0.4, 0.5) is 21.9 Å². The molecule has 138 valence electrons. The van der Waals surface area contributed by atoms with Crippen molar-refractivity contribution in [3.63, 3.8) is 0 Å². The molecule has 5 nitrogen and oxygen atoms in total. The topological polar surface area (TPSA) is 43.9 Å². The third-order valence-electron chi connectivity index (χ3n) is 5.13. The third kappa shape index (κ3) is 2.15. The molecule has 0 N–H and O–H groups in total. The quantitative estimate of drug-likeness (QED) is 0.605. The van der Waals surface area contributed by atoms with Crippen LogP contribution in [-0.4, -0.2) is 24.0 Å². The average Bonchev–Trinajstić information content (AvgIpc) is 3.15. The summed E-state index contributed by atoms with van der Waals surface area (Å²) in [5, 5.41) is 0. The van der Waals surface area contributed by atoms with Gasteiger partial charge in [0.05, 0.1) is 11.4 Å². The van der Waals surface area contributed by atoms with Gasteiger partial charge in [-0.1, -0.05) is 60.3 Å². The molecule has 3 aromatic carbocycles. The Morgan fingerprint density at radius 3 is 1.96 bits per heavy atom. The molecule has 1 saturated heterocycles. The Balaban J connectivity index is 1.72. The predicted octanol–water partition coefficient (Wildman–Crippen LogP) is 4.56. The lowest BCUT2D eigenvalue weighted by atomic mass is 10.2. The molecule has 0 unspecified atom stereocenters. The number of likely N-dealkylation sites (N-methyl/N-ethyl adjacent to an activating group) is 1. The standard InChI is InChI=1S/C22H17N3O2S/c1-23-18-14-8-9-15-19(18)28-22(23)20(26)24(16-10-4-2-5-11-16)21(27)25(22)17-12-6-3-7-13-17/h2-15H,1H3/t22-/m0/s1. The fourth-order valence-electron chi connectivity index (χ4n) is 3.81. The molecule has 2 aliphatic heterocycles. The number of rotatable bonds is 2. The predicted molar refractivity (Wildman–Crippen MR) is 112 cm³/mol. The van der Waals surface area contributed by atoms with Crippen LogP contribution in [0.1, 0.15) is 0 Å². The Morgan fingerprint density at radius 2 is 1.32 bits per heavy atom. The van der Waals surface area contributed by atoms with E-state index in [1.807, 2.05) is 84.7 Å². The van der Waals surface area contributed by atoms with Crippen LogP contribution in [0.5, 0.6) is 0 Å². The first-order valence-corrected chi connectivity index (χ1v) is 9.77. The van der Waals surface area contributed by atoms with Gasteiger partial charge in [0.2, 0.25) is 0 Å². The van der Waals surface area contributed by atoms with E-state index in [1.54, 1.807) is 17.0 Å². The van der Waals surface area contributed by atoms with E-state index in [0.29, 0.717) is 11.4 Å². The number of nitrogens with zero attached hydrogens (tertiary/aromatic N) is 3. The number of para-hydroxylation sites is 3. The molecule has 1 spiro atoms. The van der Waals surface area contributed by atoms with Gasteiger partial charge >= 0.3 is 6.03 Å². The van der Waals surface area contributed by atoms with Gasteiger partial charge in [-0.2, -0.15) is 0 Å². The van der Waals surface area contributed by atoms with Crippen molar-refractivity contribution in [2.75, 3.05) is 21.7 Å². The van der Waals surface area contributed by atoms with Crippen LogP contribution in [0.15, 0.2) is 89.8 Å². The maximum atomic E-state index is 13.8. The number of hydrogen-bond acceptors (Lipinski definition) is 4. The number of carbonyl (C=O) groups excluding carboxylic acids is 2. The summed E-state index contributed by atoms with van der Waals surface area (Å²) in [4.78, 5) is 31.9. The van der Waals surface area contributed by atoms with Gasteiger partial charge in [-0.25, -0.2) is 9.69 Å². The Bertz CT molecular complexity index is 1070. The number of imide groups is 1. The summed E-state index contributed by atoms with van der Waals surface area (Å²) in [5.74, 6) is -0.267. The van der Waals surface area contributed by atoms with E-state index >= 15 is 0 Å². The second kappa shape index (κ2) is 6.14. The van der Waals surface area contributed by atoms with Gasteiger partial charge in [-0.3, -0.25) is 9.69 Å². The van der Waals surface area contributed by atoms with Crippen molar-refractivity contribution in [3.05, 3.63) is 84.9 Å². The molecule has 0 radical (unpaired) electrons. The van der Waals surface area contributed by atoms with Crippen LogP contribution >= 0.6 is 11.8 Å². The van der Waals surface area contributed by atoms with Crippen LogP contribution in [-0.2, 0) is 4.79 Å². The summed E-state index contributed by atoms with van der Waals surface area (Å²) < 4.78 is 0. The summed E-state index contributed by atoms with van der Waals surface area (Å²) in [6, 6.07) is 25.9. The van der Waals surface area contributed by atoms with Gasteiger partial charge in [-0.05, 0) is 36.4 Å². The molecule has 0 saturated carbocycles. The largest absolute Gasteiger partial charge is 0.339 e. The van der Waals surface area contributed by atoms with Crippen LogP contribution < -0.4 is 14.7 Å². The first-order chi connectivity index (χ1) is 13.6. The lowest BCUT2D eigenvalue weighted by Gasteiger charge is -2.37. The summed E-state index contributed by atoms with van der Waals surface area (Å²) in [6.45, 7) is 0. The number of anilines is 3. The van der Waals surface area contributed by atoms with Crippen molar-refractivity contribution < 1.29 is 9.59 Å². The van der Waals surface area contributed by atoms with E-state index in [1.165, 1.54) is 16.7 Å². The minimum atomic E-state index is -1.20. The molecule has 5 rings (SSSR count). The van der Waals surface area contributed by atoms with E-state index in [2.05, 4.69) is 0 Å². The minimum absolute atomic E-state index is 0.267. The van der Waals surface area contributed by atoms with Crippen molar-refractivity contribution in [3.8, 4) is 0 Å². The Kier molecular flexibility index (Phi) is 3.70. The maximum absolute atomic E-state index is 13.8. The number of urea groups is 1. The van der Waals surface area contributed by atoms with E-state index in [9.17, 15) is 9.59 Å². The summed E-state index contributed by atoms with van der Waals surface area (Å²) in [7, 11) is 1.87. The second-order valence-electron chi connectivity index (χ2n) is 6.67. The zero-order valence-electron chi connectivity index (χ0n) is 15.1. The summed E-state index contributed by atoms with van der Waals surface area (Å²) >= 11 is 1.41. The molecule has 2 heterocycles. The zero-order valence-corrected chi connectivity index (χ0v) is 16.0. The molecule has 0 aliphatic carbocycles. The highest BCUT2D eigenvalue weighted by molar-refractivity contribution is 8.02. The molecule has 3 aromatic rings. The average molecular weight is 387 g/mol. The highest BCUT2D eigenvalue weighted by Gasteiger charge is 2.64. The second-order valence-corrected chi connectivity index (χ2v) is 7.88. The number of thioether (sulfide) groups is 1. The molecule has 28 heavy (non-hydrogen) atoms. The van der Waals surface area contributed by atoms with Gasteiger partial charge in [-0.15, -0.1) is 0 Å². The van der Waals surface area contributed by atoms with Gasteiger partial charge in [0.25, 0.3) is 10.9 Å². The SMILES string of the molecule is CN1c2ccccc2S[C@@]12C(=O)N(c1ccccc1)C(=O)N2c1ccccc1. The molecule has 0 aromatic heterocycles.